The van der Waals surface area contributed by atoms with Crippen LogP contribution in [0.15, 0.2) is 30.6 Å². The van der Waals surface area contributed by atoms with Crippen molar-refractivity contribution >= 4 is 6.08 Å². The normalized spacial score (nSPS) is 10.6. The molecule has 0 aromatic carbocycles. The van der Waals surface area contributed by atoms with Crippen LogP contribution >= 0.6 is 0 Å². The maximum atomic E-state index is 4.86. The Hall–Kier alpha value is -1.15. The molecule has 0 atom stereocenters. The average Bonchev–Trinajstić information content (AvgIpc) is 2.07. The highest BCUT2D eigenvalue weighted by Crippen LogP contribution is 1.97. The average molecular weight is 149 g/mol. The van der Waals surface area contributed by atoms with Gasteiger partial charge in [-0.3, -0.25) is 4.98 Å². The second-order valence-corrected chi connectivity index (χ2v) is 2.14. The van der Waals surface area contributed by atoms with Crippen LogP contribution in [0.4, 0.5) is 0 Å². The van der Waals surface area contributed by atoms with E-state index in [1.165, 1.54) is 0 Å². The lowest BCUT2D eigenvalue weighted by molar-refractivity contribution is 0.234. The third-order valence-electron chi connectivity index (χ3n) is 1.26. The highest BCUT2D eigenvalue weighted by molar-refractivity contribution is 5.47. The molecule has 1 rings (SSSR count). The third-order valence-corrected chi connectivity index (χ3v) is 1.26. The predicted octanol–water partition coefficient (Wildman–Crippen LogP) is 1.74. The van der Waals surface area contributed by atoms with Gasteiger partial charge in [-0.2, -0.15) is 0 Å². The summed E-state index contributed by atoms with van der Waals surface area (Å²) in [4.78, 5) is 3.97. The van der Waals surface area contributed by atoms with Gasteiger partial charge in [-0.15, -0.1) is 0 Å². The van der Waals surface area contributed by atoms with E-state index in [9.17, 15) is 0 Å². The van der Waals surface area contributed by atoms with E-state index in [1.807, 2.05) is 30.5 Å². The first-order valence-electron chi connectivity index (χ1n) is 3.49. The van der Waals surface area contributed by atoms with Crippen molar-refractivity contribution in [1.82, 2.24) is 4.98 Å². The Morgan fingerprint density at radius 3 is 3.18 bits per heavy atom. The molecule has 11 heavy (non-hydrogen) atoms. The van der Waals surface area contributed by atoms with E-state index in [1.54, 1.807) is 13.3 Å². The van der Waals surface area contributed by atoms with Gasteiger partial charge in [0.1, 0.15) is 0 Å². The number of rotatable bonds is 3. The van der Waals surface area contributed by atoms with Gasteiger partial charge >= 0.3 is 0 Å². The maximum absolute atomic E-state index is 4.86. The highest BCUT2D eigenvalue weighted by atomic mass is 16.5. The molecule has 0 spiro atoms. The summed E-state index contributed by atoms with van der Waals surface area (Å²) < 4.78 is 4.86. The Labute approximate surface area is 66.5 Å². The number of ether oxygens (including phenoxy) is 1. The smallest absolute Gasteiger partial charge is 0.0646 e. The van der Waals surface area contributed by atoms with Gasteiger partial charge in [-0.1, -0.05) is 18.2 Å². The Kier molecular flexibility index (Phi) is 3.35. The molecular formula is C9H11NO. The van der Waals surface area contributed by atoms with Crippen LogP contribution in [-0.2, 0) is 4.74 Å². The van der Waals surface area contributed by atoms with E-state index in [-0.39, 0.29) is 0 Å². The fraction of sp³-hybridized carbons (Fsp3) is 0.222. The third kappa shape index (κ3) is 2.96. The minimum atomic E-state index is 0.648. The first kappa shape index (κ1) is 7.95. The number of methoxy groups -OCH3 is 1. The summed E-state index contributed by atoms with van der Waals surface area (Å²) in [5, 5.41) is 0. The van der Waals surface area contributed by atoms with E-state index < -0.39 is 0 Å². The monoisotopic (exact) mass is 149 g/mol. The second kappa shape index (κ2) is 4.63. The van der Waals surface area contributed by atoms with Gasteiger partial charge < -0.3 is 4.74 Å². The molecule has 2 heteroatoms. The summed E-state index contributed by atoms with van der Waals surface area (Å²) in [5.41, 5.74) is 1.10. The molecule has 2 nitrogen and oxygen atoms in total. The van der Waals surface area contributed by atoms with Crippen LogP contribution in [0.3, 0.4) is 0 Å². The van der Waals surface area contributed by atoms with Crippen molar-refractivity contribution in [3.63, 3.8) is 0 Å². The predicted molar refractivity (Wildman–Crippen MR) is 45.1 cm³/mol. The largest absolute Gasteiger partial charge is 0.381 e. The van der Waals surface area contributed by atoms with Crippen molar-refractivity contribution in [3.05, 3.63) is 36.2 Å². The lowest BCUT2D eigenvalue weighted by Crippen LogP contribution is -1.80. The van der Waals surface area contributed by atoms with Crippen LogP contribution in [-0.4, -0.2) is 18.7 Å². The molecule has 0 N–H and O–H groups in total. The molecule has 0 bridgehead atoms. The summed E-state index contributed by atoms with van der Waals surface area (Å²) >= 11 is 0. The lowest BCUT2D eigenvalue weighted by Gasteiger charge is -1.90. The van der Waals surface area contributed by atoms with Crippen LogP contribution in [0, 0.1) is 0 Å². The quantitative estimate of drug-likeness (QED) is 0.653. The molecule has 1 aromatic rings. The van der Waals surface area contributed by atoms with Gasteiger partial charge in [0, 0.05) is 19.5 Å². The van der Waals surface area contributed by atoms with Crippen LogP contribution in [0.2, 0.25) is 0 Å². The molecule has 58 valence electrons. The van der Waals surface area contributed by atoms with Crippen LogP contribution in [0.1, 0.15) is 5.56 Å². The molecule has 0 saturated carbocycles. The maximum Gasteiger partial charge on any atom is 0.0646 e. The minimum absolute atomic E-state index is 0.648. The lowest BCUT2D eigenvalue weighted by atomic mass is 10.3. The molecule has 0 amide bonds. The zero-order valence-corrected chi connectivity index (χ0v) is 6.53. The SMILES string of the molecule is COC/C=C/c1cccnc1. The van der Waals surface area contributed by atoms with Crippen LogP contribution in [0.25, 0.3) is 6.08 Å². The topological polar surface area (TPSA) is 22.1 Å². The first-order valence-corrected chi connectivity index (χ1v) is 3.49. The summed E-state index contributed by atoms with van der Waals surface area (Å²) in [6, 6.07) is 3.91. The van der Waals surface area contributed by atoms with Gasteiger partial charge in [-0.25, -0.2) is 0 Å². The van der Waals surface area contributed by atoms with Crippen LogP contribution < -0.4 is 0 Å². The highest BCUT2D eigenvalue weighted by Gasteiger charge is 1.81. The fourth-order valence-electron chi connectivity index (χ4n) is 0.755. The van der Waals surface area contributed by atoms with Gasteiger partial charge in [0.15, 0.2) is 0 Å². The van der Waals surface area contributed by atoms with E-state index in [4.69, 9.17) is 4.74 Å². The van der Waals surface area contributed by atoms with Gasteiger partial charge in [0.2, 0.25) is 0 Å². The van der Waals surface area contributed by atoms with Crippen molar-refractivity contribution in [2.75, 3.05) is 13.7 Å². The Morgan fingerprint density at radius 2 is 2.55 bits per heavy atom. The summed E-state index contributed by atoms with van der Waals surface area (Å²) in [5.74, 6) is 0. The standard InChI is InChI=1S/C9H11NO/c1-11-7-3-5-9-4-2-6-10-8-9/h2-6,8H,7H2,1H3/b5-3+. The molecule has 0 fully saturated rings. The van der Waals surface area contributed by atoms with E-state index in [2.05, 4.69) is 4.98 Å². The Bertz CT molecular complexity index is 218. The van der Waals surface area contributed by atoms with Gasteiger partial charge in [0.25, 0.3) is 0 Å². The second-order valence-electron chi connectivity index (χ2n) is 2.14. The van der Waals surface area contributed by atoms with Gasteiger partial charge in [-0.05, 0) is 11.6 Å². The molecule has 0 aliphatic heterocycles. The number of aromatic nitrogens is 1. The number of hydrogen-bond donors (Lipinski definition) is 0. The zero-order valence-electron chi connectivity index (χ0n) is 6.53. The van der Waals surface area contributed by atoms with Gasteiger partial charge in [0.05, 0.1) is 6.61 Å². The molecule has 0 radical (unpaired) electrons. The summed E-state index contributed by atoms with van der Waals surface area (Å²) in [6.45, 7) is 0.648. The van der Waals surface area contributed by atoms with E-state index in [0.717, 1.165) is 5.56 Å². The summed E-state index contributed by atoms with van der Waals surface area (Å²) in [7, 11) is 1.67. The molecule has 0 saturated heterocycles. The number of pyridine rings is 1. The molecule has 0 unspecified atom stereocenters. The van der Waals surface area contributed by atoms with E-state index >= 15 is 0 Å². The van der Waals surface area contributed by atoms with Crippen LogP contribution in [0.5, 0.6) is 0 Å². The first-order chi connectivity index (χ1) is 5.43. The zero-order chi connectivity index (χ0) is 7.94. The van der Waals surface area contributed by atoms with Crippen molar-refractivity contribution in [2.24, 2.45) is 0 Å². The molecular weight excluding hydrogens is 138 g/mol. The number of hydrogen-bond acceptors (Lipinski definition) is 2. The summed E-state index contributed by atoms with van der Waals surface area (Å²) in [6.07, 6.45) is 7.51. The Balaban J connectivity index is 2.50. The Morgan fingerprint density at radius 1 is 1.64 bits per heavy atom. The molecule has 1 aromatic heterocycles. The molecule has 0 aliphatic rings. The van der Waals surface area contributed by atoms with E-state index in [0.29, 0.717) is 6.61 Å². The molecule has 0 aliphatic carbocycles. The van der Waals surface area contributed by atoms with Crippen molar-refractivity contribution in [3.8, 4) is 0 Å². The molecule has 1 heterocycles. The fourth-order valence-corrected chi connectivity index (χ4v) is 0.755. The van der Waals surface area contributed by atoms with Crippen molar-refractivity contribution < 1.29 is 4.74 Å². The van der Waals surface area contributed by atoms with Crippen molar-refractivity contribution in [2.45, 2.75) is 0 Å². The van der Waals surface area contributed by atoms with Crippen molar-refractivity contribution in [1.29, 1.82) is 0 Å². The minimum Gasteiger partial charge on any atom is -0.381 e. The number of nitrogens with zero attached hydrogens (tertiary/aromatic N) is 1.